The van der Waals surface area contributed by atoms with Crippen LogP contribution in [0.2, 0.25) is 0 Å². The van der Waals surface area contributed by atoms with Gasteiger partial charge in [0.05, 0.1) is 13.5 Å². The normalized spacial score (nSPS) is 11.7. The van der Waals surface area contributed by atoms with Crippen LogP contribution in [0.15, 0.2) is 24.3 Å². The highest BCUT2D eigenvalue weighted by Gasteiger charge is 2.18. The second-order valence-electron chi connectivity index (χ2n) is 4.28. The first-order valence-electron chi connectivity index (χ1n) is 6.22. The van der Waals surface area contributed by atoms with Crippen molar-refractivity contribution in [2.45, 2.75) is 32.2 Å². The Morgan fingerprint density at radius 2 is 2.16 bits per heavy atom. The lowest BCUT2D eigenvalue weighted by Gasteiger charge is -2.13. The Morgan fingerprint density at radius 1 is 1.42 bits per heavy atom. The first-order valence-corrected chi connectivity index (χ1v) is 6.22. The number of aliphatic carboxylic acids is 1. The van der Waals surface area contributed by atoms with Gasteiger partial charge < -0.3 is 15.2 Å². The molecule has 5 heteroatoms. The van der Waals surface area contributed by atoms with E-state index in [1.54, 1.807) is 31.4 Å². The predicted molar refractivity (Wildman–Crippen MR) is 71.2 cm³/mol. The van der Waals surface area contributed by atoms with E-state index in [0.717, 1.165) is 5.56 Å². The minimum Gasteiger partial charge on any atom is -0.497 e. The molecule has 0 saturated heterocycles. The van der Waals surface area contributed by atoms with E-state index >= 15 is 0 Å². The molecule has 0 spiro atoms. The van der Waals surface area contributed by atoms with E-state index in [9.17, 15) is 9.59 Å². The zero-order valence-corrected chi connectivity index (χ0v) is 11.2. The van der Waals surface area contributed by atoms with Crippen LogP contribution >= 0.6 is 0 Å². The van der Waals surface area contributed by atoms with Crippen LogP contribution in [0, 0.1) is 0 Å². The van der Waals surface area contributed by atoms with Gasteiger partial charge in [-0.25, -0.2) is 4.79 Å². The van der Waals surface area contributed by atoms with E-state index in [2.05, 4.69) is 5.32 Å². The molecule has 0 fully saturated rings. The molecule has 1 unspecified atom stereocenters. The van der Waals surface area contributed by atoms with Gasteiger partial charge in [0, 0.05) is 0 Å². The molecule has 0 bridgehead atoms. The van der Waals surface area contributed by atoms with E-state index < -0.39 is 12.0 Å². The summed E-state index contributed by atoms with van der Waals surface area (Å²) >= 11 is 0. The minimum atomic E-state index is -0.999. The Kier molecular flexibility index (Phi) is 5.85. The highest BCUT2D eigenvalue weighted by atomic mass is 16.5. The van der Waals surface area contributed by atoms with Crippen LogP contribution in [0.4, 0.5) is 0 Å². The number of carboxylic acids is 1. The number of rotatable bonds is 7. The van der Waals surface area contributed by atoms with Gasteiger partial charge >= 0.3 is 5.97 Å². The highest BCUT2D eigenvalue weighted by molar-refractivity contribution is 5.84. The van der Waals surface area contributed by atoms with Crippen molar-refractivity contribution in [2.24, 2.45) is 0 Å². The lowest BCUT2D eigenvalue weighted by Crippen LogP contribution is -2.41. The number of hydrogen-bond acceptors (Lipinski definition) is 3. The summed E-state index contributed by atoms with van der Waals surface area (Å²) in [4.78, 5) is 22.7. The Labute approximate surface area is 112 Å². The molecular formula is C14H19NO4. The quantitative estimate of drug-likeness (QED) is 0.785. The van der Waals surface area contributed by atoms with E-state index in [1.165, 1.54) is 0 Å². The summed E-state index contributed by atoms with van der Waals surface area (Å²) in [7, 11) is 1.56. The third kappa shape index (κ3) is 4.99. The van der Waals surface area contributed by atoms with Crippen LogP contribution < -0.4 is 10.1 Å². The molecule has 0 aliphatic rings. The van der Waals surface area contributed by atoms with Crippen LogP contribution in [0.1, 0.15) is 25.3 Å². The molecule has 5 nitrogen and oxygen atoms in total. The topological polar surface area (TPSA) is 75.6 Å². The zero-order chi connectivity index (χ0) is 14.3. The number of carbonyl (C=O) groups excluding carboxylic acids is 1. The third-order valence-corrected chi connectivity index (χ3v) is 2.71. The first kappa shape index (κ1) is 15.0. The summed E-state index contributed by atoms with van der Waals surface area (Å²) in [5.41, 5.74) is 0.789. The predicted octanol–water partition coefficient (Wildman–Crippen LogP) is 1.61. The Balaban J connectivity index is 2.60. The number of nitrogens with one attached hydrogen (secondary N) is 1. The van der Waals surface area contributed by atoms with Gasteiger partial charge in [-0.2, -0.15) is 0 Å². The number of methoxy groups -OCH3 is 1. The second-order valence-corrected chi connectivity index (χ2v) is 4.28. The summed E-state index contributed by atoms with van der Waals surface area (Å²) in [5, 5.41) is 11.5. The number of amides is 1. The van der Waals surface area contributed by atoms with E-state index in [1.807, 2.05) is 6.92 Å². The zero-order valence-electron chi connectivity index (χ0n) is 11.2. The highest BCUT2D eigenvalue weighted by Crippen LogP contribution is 2.13. The summed E-state index contributed by atoms with van der Waals surface area (Å²) in [6, 6.07) is 6.33. The molecule has 19 heavy (non-hydrogen) atoms. The molecule has 0 aliphatic heterocycles. The number of carboxylic acid groups (broad SMARTS) is 1. The van der Waals surface area contributed by atoms with Gasteiger partial charge in [-0.1, -0.05) is 25.5 Å². The van der Waals surface area contributed by atoms with Gasteiger partial charge in [0.1, 0.15) is 11.8 Å². The number of ether oxygens (including phenoxy) is 1. The van der Waals surface area contributed by atoms with Crippen LogP contribution in [0.5, 0.6) is 5.75 Å². The van der Waals surface area contributed by atoms with E-state index in [4.69, 9.17) is 9.84 Å². The maximum atomic E-state index is 11.8. The fourth-order valence-corrected chi connectivity index (χ4v) is 1.76. The average Bonchev–Trinajstić information content (AvgIpc) is 2.38. The van der Waals surface area contributed by atoms with Crippen molar-refractivity contribution < 1.29 is 19.4 Å². The van der Waals surface area contributed by atoms with Gasteiger partial charge in [0.15, 0.2) is 0 Å². The van der Waals surface area contributed by atoms with Gasteiger partial charge in [-0.05, 0) is 24.1 Å². The molecule has 104 valence electrons. The SMILES string of the molecule is CCCC(NC(=O)Cc1cccc(OC)c1)C(=O)O. The molecule has 1 aromatic rings. The van der Waals surface area contributed by atoms with Crippen molar-refractivity contribution in [3.8, 4) is 5.75 Å². The molecule has 1 atom stereocenters. The largest absolute Gasteiger partial charge is 0.497 e. The smallest absolute Gasteiger partial charge is 0.326 e. The van der Waals surface area contributed by atoms with Gasteiger partial charge in [0.25, 0.3) is 0 Å². The maximum Gasteiger partial charge on any atom is 0.326 e. The van der Waals surface area contributed by atoms with Gasteiger partial charge in [0.2, 0.25) is 5.91 Å². The fraction of sp³-hybridized carbons (Fsp3) is 0.429. The van der Waals surface area contributed by atoms with Crippen molar-refractivity contribution in [1.29, 1.82) is 0 Å². The third-order valence-electron chi connectivity index (χ3n) is 2.71. The standard InChI is InChI=1S/C14H19NO4/c1-3-5-12(14(17)18)15-13(16)9-10-6-4-7-11(8-10)19-2/h4,6-8,12H,3,5,9H2,1-2H3,(H,15,16)(H,17,18). The summed E-state index contributed by atoms with van der Waals surface area (Å²) < 4.78 is 5.07. The van der Waals surface area contributed by atoms with Crippen LogP contribution in [0.3, 0.4) is 0 Å². The summed E-state index contributed by atoms with van der Waals surface area (Å²) in [6.07, 6.45) is 1.28. The fourth-order valence-electron chi connectivity index (χ4n) is 1.76. The molecule has 0 saturated carbocycles. The monoisotopic (exact) mass is 265 g/mol. The maximum absolute atomic E-state index is 11.8. The summed E-state index contributed by atoms with van der Waals surface area (Å²) in [5.74, 6) is -0.622. The van der Waals surface area contributed by atoms with Gasteiger partial charge in [-0.3, -0.25) is 4.79 Å². The van der Waals surface area contributed by atoms with Crippen LogP contribution in [0.25, 0.3) is 0 Å². The molecule has 0 aliphatic carbocycles. The first-order chi connectivity index (χ1) is 9.06. The molecule has 1 aromatic carbocycles. The number of benzene rings is 1. The van der Waals surface area contributed by atoms with Crippen molar-refractivity contribution >= 4 is 11.9 Å². The van der Waals surface area contributed by atoms with Crippen molar-refractivity contribution in [3.63, 3.8) is 0 Å². The van der Waals surface area contributed by atoms with Gasteiger partial charge in [-0.15, -0.1) is 0 Å². The van der Waals surface area contributed by atoms with Crippen molar-refractivity contribution in [2.75, 3.05) is 7.11 Å². The number of hydrogen-bond donors (Lipinski definition) is 2. The average molecular weight is 265 g/mol. The molecule has 0 heterocycles. The second kappa shape index (κ2) is 7.41. The molecule has 1 amide bonds. The lowest BCUT2D eigenvalue weighted by atomic mass is 10.1. The van der Waals surface area contributed by atoms with Crippen molar-refractivity contribution in [3.05, 3.63) is 29.8 Å². The molecular weight excluding hydrogens is 246 g/mol. The van der Waals surface area contributed by atoms with Crippen molar-refractivity contribution in [1.82, 2.24) is 5.32 Å². The summed E-state index contributed by atoms with van der Waals surface area (Å²) in [6.45, 7) is 1.88. The van der Waals surface area contributed by atoms with Crippen LogP contribution in [-0.2, 0) is 16.0 Å². The van der Waals surface area contributed by atoms with Crippen LogP contribution in [-0.4, -0.2) is 30.1 Å². The van der Waals surface area contributed by atoms with E-state index in [-0.39, 0.29) is 12.3 Å². The Bertz CT molecular complexity index is 445. The molecule has 1 rings (SSSR count). The minimum absolute atomic E-state index is 0.144. The Morgan fingerprint density at radius 3 is 2.74 bits per heavy atom. The Hall–Kier alpha value is -2.04. The lowest BCUT2D eigenvalue weighted by molar-refractivity contribution is -0.141. The molecule has 0 radical (unpaired) electrons. The molecule has 2 N–H and O–H groups in total. The number of carbonyl (C=O) groups is 2. The van der Waals surface area contributed by atoms with E-state index in [0.29, 0.717) is 18.6 Å². The molecule has 0 aromatic heterocycles.